The number of benzene rings is 1. The van der Waals surface area contributed by atoms with Crippen LogP contribution in [0.15, 0.2) is 18.2 Å². The fourth-order valence-electron chi connectivity index (χ4n) is 3.05. The quantitative estimate of drug-likeness (QED) is 0.861. The number of hydrogen-bond donors (Lipinski definition) is 0. The van der Waals surface area contributed by atoms with Gasteiger partial charge in [0, 0.05) is 25.6 Å². The number of ketones is 1. The average molecular weight is 329 g/mol. The number of carbonyl (C=O) groups excluding carboxylic acids is 2. The highest BCUT2D eigenvalue weighted by Crippen LogP contribution is 2.32. The molecule has 0 N–H and O–H groups in total. The van der Waals surface area contributed by atoms with E-state index in [-0.39, 0.29) is 11.7 Å². The van der Waals surface area contributed by atoms with Gasteiger partial charge in [0.25, 0.3) is 5.91 Å². The molecule has 0 atom stereocenters. The Labute approximate surface area is 139 Å². The summed E-state index contributed by atoms with van der Waals surface area (Å²) in [4.78, 5) is 26.8. The molecule has 126 valence electrons. The lowest BCUT2D eigenvalue weighted by Gasteiger charge is -2.27. The van der Waals surface area contributed by atoms with E-state index in [0.29, 0.717) is 47.1 Å². The lowest BCUT2D eigenvalue weighted by molar-refractivity contribution is 0.0953. The van der Waals surface area contributed by atoms with Crippen LogP contribution in [0.3, 0.4) is 0 Å². The van der Waals surface area contributed by atoms with Gasteiger partial charge >= 0.3 is 0 Å². The predicted molar refractivity (Wildman–Crippen MR) is 88.1 cm³/mol. The minimum Gasteiger partial charge on any atom is -0.493 e. The summed E-state index contributed by atoms with van der Waals surface area (Å²) in [5.41, 5.74) is 1.63. The molecule has 7 heteroatoms. The number of methoxy groups -OCH3 is 2. The molecule has 1 aromatic heterocycles. The van der Waals surface area contributed by atoms with Crippen LogP contribution in [0, 0.1) is 6.92 Å². The molecule has 2 heterocycles. The number of anilines is 1. The number of nitrogens with zero attached hydrogens (tertiary/aromatic N) is 3. The van der Waals surface area contributed by atoms with Crippen molar-refractivity contribution in [1.82, 2.24) is 9.78 Å². The summed E-state index contributed by atoms with van der Waals surface area (Å²) < 4.78 is 12.0. The van der Waals surface area contributed by atoms with Gasteiger partial charge in [0.05, 0.1) is 25.5 Å². The number of Topliss-reactive ketones (excluding diaryl/α,β-unsaturated/α-hetero) is 1. The van der Waals surface area contributed by atoms with E-state index in [2.05, 4.69) is 5.10 Å². The summed E-state index contributed by atoms with van der Waals surface area (Å²) in [6.07, 6.45) is 0.290. The molecule has 0 aliphatic carbocycles. The van der Waals surface area contributed by atoms with Crippen molar-refractivity contribution in [1.29, 1.82) is 0 Å². The Balaban J connectivity index is 2.03. The zero-order valence-corrected chi connectivity index (χ0v) is 14.1. The van der Waals surface area contributed by atoms with Gasteiger partial charge in [-0.25, -0.2) is 0 Å². The molecule has 24 heavy (non-hydrogen) atoms. The second kappa shape index (κ2) is 5.99. The summed E-state index contributed by atoms with van der Waals surface area (Å²) in [5.74, 6) is 1.40. The third-order valence-corrected chi connectivity index (χ3v) is 4.16. The average Bonchev–Trinajstić information content (AvgIpc) is 2.89. The molecule has 0 bridgehead atoms. The molecule has 0 spiro atoms. The van der Waals surface area contributed by atoms with E-state index in [1.165, 1.54) is 7.11 Å². The summed E-state index contributed by atoms with van der Waals surface area (Å²) in [6, 6.07) is 5.01. The van der Waals surface area contributed by atoms with E-state index in [9.17, 15) is 9.59 Å². The van der Waals surface area contributed by atoms with Crippen molar-refractivity contribution in [2.75, 3.05) is 25.7 Å². The van der Waals surface area contributed by atoms with E-state index < -0.39 is 0 Å². The molecule has 1 aliphatic rings. The molecule has 0 saturated carbocycles. The number of amides is 1. The summed E-state index contributed by atoms with van der Waals surface area (Å²) in [7, 11) is 4.80. The van der Waals surface area contributed by atoms with Gasteiger partial charge in [-0.1, -0.05) is 0 Å². The van der Waals surface area contributed by atoms with Crippen LogP contribution in [-0.4, -0.2) is 42.2 Å². The normalized spacial score (nSPS) is 13.7. The largest absolute Gasteiger partial charge is 0.493 e. The van der Waals surface area contributed by atoms with E-state index >= 15 is 0 Å². The van der Waals surface area contributed by atoms with Crippen LogP contribution in [0.4, 0.5) is 5.82 Å². The summed E-state index contributed by atoms with van der Waals surface area (Å²) in [5, 5.41) is 4.29. The van der Waals surface area contributed by atoms with E-state index in [1.807, 2.05) is 0 Å². The van der Waals surface area contributed by atoms with Crippen molar-refractivity contribution >= 4 is 17.5 Å². The van der Waals surface area contributed by atoms with Crippen LogP contribution < -0.4 is 14.4 Å². The van der Waals surface area contributed by atoms with Gasteiger partial charge in [-0.3, -0.25) is 19.2 Å². The summed E-state index contributed by atoms with van der Waals surface area (Å²) in [6.45, 7) is 2.11. The van der Waals surface area contributed by atoms with Gasteiger partial charge in [-0.15, -0.1) is 0 Å². The van der Waals surface area contributed by atoms with Gasteiger partial charge in [0.15, 0.2) is 17.3 Å². The molecule has 3 rings (SSSR count). The van der Waals surface area contributed by atoms with Crippen molar-refractivity contribution in [3.63, 3.8) is 0 Å². The van der Waals surface area contributed by atoms with E-state index in [4.69, 9.17) is 9.47 Å². The maximum absolute atomic E-state index is 13.0. The SMILES string of the molecule is COc1ccc(C(=O)N2CCC(=O)c3c(C)nn(C)c32)cc1OC. The molecule has 0 unspecified atom stereocenters. The third kappa shape index (κ3) is 2.42. The van der Waals surface area contributed by atoms with E-state index in [1.54, 1.807) is 48.9 Å². The Morgan fingerprint density at radius 2 is 1.92 bits per heavy atom. The molecule has 1 aliphatic heterocycles. The fourth-order valence-corrected chi connectivity index (χ4v) is 3.05. The zero-order valence-electron chi connectivity index (χ0n) is 14.1. The molecule has 2 aromatic rings. The Kier molecular flexibility index (Phi) is 4.01. The standard InChI is InChI=1S/C17H19N3O4/c1-10-15-12(21)7-8-20(16(15)19(2)18-10)17(22)11-5-6-13(23-3)14(9-11)24-4/h5-6,9H,7-8H2,1-4H3. The lowest BCUT2D eigenvalue weighted by atomic mass is 10.0. The topological polar surface area (TPSA) is 73.7 Å². The second-order valence-corrected chi connectivity index (χ2v) is 5.61. The maximum Gasteiger partial charge on any atom is 0.259 e. The molecular weight excluding hydrogens is 310 g/mol. The highest BCUT2D eigenvalue weighted by Gasteiger charge is 2.33. The smallest absolute Gasteiger partial charge is 0.259 e. The highest BCUT2D eigenvalue weighted by atomic mass is 16.5. The van der Waals surface area contributed by atoms with Gasteiger partial charge in [0.1, 0.15) is 5.82 Å². The first-order valence-corrected chi connectivity index (χ1v) is 7.58. The second-order valence-electron chi connectivity index (χ2n) is 5.61. The highest BCUT2D eigenvalue weighted by molar-refractivity contribution is 6.13. The molecule has 0 fully saturated rings. The van der Waals surface area contributed by atoms with Gasteiger partial charge < -0.3 is 9.47 Å². The summed E-state index contributed by atoms with van der Waals surface area (Å²) >= 11 is 0. The number of hydrogen-bond acceptors (Lipinski definition) is 5. The first-order chi connectivity index (χ1) is 11.5. The van der Waals surface area contributed by atoms with Gasteiger partial charge in [0.2, 0.25) is 0 Å². The van der Waals surface area contributed by atoms with Crippen LogP contribution in [-0.2, 0) is 7.05 Å². The predicted octanol–water partition coefficient (Wildman–Crippen LogP) is 1.98. The first kappa shape index (κ1) is 16.0. The van der Waals surface area contributed by atoms with Crippen molar-refractivity contribution in [3.8, 4) is 11.5 Å². The maximum atomic E-state index is 13.0. The van der Waals surface area contributed by atoms with Gasteiger partial charge in [-0.05, 0) is 25.1 Å². The number of ether oxygens (including phenoxy) is 2. The van der Waals surface area contributed by atoms with Gasteiger partial charge in [-0.2, -0.15) is 5.10 Å². The molecule has 7 nitrogen and oxygen atoms in total. The Hall–Kier alpha value is -2.83. The molecule has 0 radical (unpaired) electrons. The molecule has 1 aromatic carbocycles. The molecule has 0 saturated heterocycles. The van der Waals surface area contributed by atoms with Crippen LogP contribution in [0.1, 0.15) is 32.8 Å². The molecular formula is C17H19N3O4. The van der Waals surface area contributed by atoms with Crippen LogP contribution in [0.5, 0.6) is 11.5 Å². The monoisotopic (exact) mass is 329 g/mol. The lowest BCUT2D eigenvalue weighted by Crippen LogP contribution is -2.38. The van der Waals surface area contributed by atoms with Crippen molar-refractivity contribution < 1.29 is 19.1 Å². The number of fused-ring (bicyclic) bond motifs is 1. The Morgan fingerprint density at radius 1 is 1.21 bits per heavy atom. The number of aryl methyl sites for hydroxylation is 2. The van der Waals surface area contributed by atoms with Crippen molar-refractivity contribution in [3.05, 3.63) is 35.0 Å². The number of rotatable bonds is 3. The fraction of sp³-hybridized carbons (Fsp3) is 0.353. The van der Waals surface area contributed by atoms with Crippen molar-refractivity contribution in [2.24, 2.45) is 7.05 Å². The zero-order chi connectivity index (χ0) is 17.4. The van der Waals surface area contributed by atoms with Crippen LogP contribution in [0.25, 0.3) is 0 Å². The van der Waals surface area contributed by atoms with Crippen LogP contribution in [0.2, 0.25) is 0 Å². The number of aromatic nitrogens is 2. The molecule has 1 amide bonds. The minimum atomic E-state index is -0.201. The minimum absolute atomic E-state index is 0.0203. The van der Waals surface area contributed by atoms with Crippen molar-refractivity contribution in [2.45, 2.75) is 13.3 Å². The van der Waals surface area contributed by atoms with E-state index in [0.717, 1.165) is 0 Å². The third-order valence-electron chi connectivity index (χ3n) is 4.16. The Morgan fingerprint density at radius 3 is 2.58 bits per heavy atom. The Bertz CT molecular complexity index is 825. The first-order valence-electron chi connectivity index (χ1n) is 7.58. The number of carbonyl (C=O) groups is 2. The van der Waals surface area contributed by atoms with Crippen LogP contribution >= 0.6 is 0 Å².